The van der Waals surface area contributed by atoms with Crippen molar-refractivity contribution in [3.8, 4) is 0 Å². The summed E-state index contributed by atoms with van der Waals surface area (Å²) in [6.45, 7) is 5.23. The predicted molar refractivity (Wildman–Crippen MR) is 115 cm³/mol. The van der Waals surface area contributed by atoms with Gasteiger partial charge in [0.25, 0.3) is 5.91 Å². The van der Waals surface area contributed by atoms with Gasteiger partial charge in [0.2, 0.25) is 5.91 Å². The summed E-state index contributed by atoms with van der Waals surface area (Å²) in [5.41, 5.74) is 7.21. The Kier molecular flexibility index (Phi) is 12.1. The molecule has 0 radical (unpaired) electrons. The van der Waals surface area contributed by atoms with Gasteiger partial charge in [0, 0.05) is 51.0 Å². The van der Waals surface area contributed by atoms with Gasteiger partial charge >= 0.3 is 0 Å². The summed E-state index contributed by atoms with van der Waals surface area (Å²) in [5, 5.41) is 2.83. The zero-order valence-corrected chi connectivity index (χ0v) is 17.8. The molecule has 2 rings (SSSR count). The van der Waals surface area contributed by atoms with E-state index in [-0.39, 0.29) is 42.5 Å². The van der Waals surface area contributed by atoms with Crippen LogP contribution in [0, 0.1) is 5.92 Å². The quantitative estimate of drug-likeness (QED) is 0.711. The maximum Gasteiger partial charge on any atom is 0.253 e. The van der Waals surface area contributed by atoms with E-state index in [0.29, 0.717) is 31.7 Å². The third kappa shape index (κ3) is 7.20. The summed E-state index contributed by atoms with van der Waals surface area (Å²) >= 11 is 0. The van der Waals surface area contributed by atoms with Gasteiger partial charge in [-0.05, 0) is 43.5 Å². The van der Waals surface area contributed by atoms with Crippen LogP contribution in [0.4, 0.5) is 5.69 Å². The number of halogens is 2. The molecule has 1 aliphatic heterocycles. The number of carbonyl (C=O) groups excluding carboxylic acids is 2. The molecule has 3 N–H and O–H groups in total. The number of nitrogens with two attached hydrogens (primary N) is 1. The van der Waals surface area contributed by atoms with Crippen molar-refractivity contribution in [1.29, 1.82) is 0 Å². The molecule has 1 fully saturated rings. The molecule has 1 aromatic rings. The minimum absolute atomic E-state index is 0. The molecule has 0 aromatic heterocycles. The normalized spacial score (nSPS) is 16.0. The number of carbonyl (C=O) groups is 2. The minimum Gasteiger partial charge on any atom is -0.375 e. The van der Waals surface area contributed by atoms with Crippen molar-refractivity contribution < 1.29 is 9.59 Å². The summed E-state index contributed by atoms with van der Waals surface area (Å²) in [6.07, 6.45) is 2.75. The first-order valence-corrected chi connectivity index (χ1v) is 9.15. The number of benzene rings is 1. The van der Waals surface area contributed by atoms with Gasteiger partial charge in [0.1, 0.15) is 0 Å². The maximum absolute atomic E-state index is 12.7. The topological polar surface area (TPSA) is 78.7 Å². The molecule has 27 heavy (non-hydrogen) atoms. The first-order valence-electron chi connectivity index (χ1n) is 9.15. The van der Waals surface area contributed by atoms with Crippen LogP contribution in [0.2, 0.25) is 0 Å². The summed E-state index contributed by atoms with van der Waals surface area (Å²) in [6, 6.07) is 7.72. The van der Waals surface area contributed by atoms with Crippen molar-refractivity contribution >= 4 is 42.3 Å². The Hall–Kier alpha value is -1.50. The van der Waals surface area contributed by atoms with Gasteiger partial charge in [0.15, 0.2) is 0 Å². The molecule has 1 saturated heterocycles. The maximum atomic E-state index is 12.7. The van der Waals surface area contributed by atoms with E-state index in [1.165, 1.54) is 0 Å². The van der Waals surface area contributed by atoms with Crippen LogP contribution < -0.4 is 16.0 Å². The molecule has 1 heterocycles. The van der Waals surface area contributed by atoms with Crippen LogP contribution in [-0.2, 0) is 4.79 Å². The Morgan fingerprint density at radius 1 is 1.26 bits per heavy atom. The first-order chi connectivity index (χ1) is 12.1. The molecular formula is C19H32Cl2N4O2. The van der Waals surface area contributed by atoms with Crippen molar-refractivity contribution in [2.45, 2.75) is 26.2 Å². The second kappa shape index (κ2) is 12.8. The Morgan fingerprint density at radius 3 is 2.52 bits per heavy atom. The molecule has 0 saturated carbocycles. The smallest absolute Gasteiger partial charge is 0.253 e. The van der Waals surface area contributed by atoms with Crippen LogP contribution in [0.25, 0.3) is 0 Å². The van der Waals surface area contributed by atoms with Crippen molar-refractivity contribution in [3.63, 3.8) is 0 Å². The van der Waals surface area contributed by atoms with E-state index in [1.54, 1.807) is 4.90 Å². The Labute approximate surface area is 174 Å². The number of nitrogens with zero attached hydrogens (tertiary/aromatic N) is 2. The van der Waals surface area contributed by atoms with Gasteiger partial charge in [-0.2, -0.15) is 0 Å². The summed E-state index contributed by atoms with van der Waals surface area (Å²) in [4.78, 5) is 28.8. The van der Waals surface area contributed by atoms with Gasteiger partial charge in [-0.25, -0.2) is 0 Å². The van der Waals surface area contributed by atoms with Crippen LogP contribution in [0.1, 0.15) is 36.5 Å². The number of nitrogens with one attached hydrogen (secondary N) is 1. The lowest BCUT2D eigenvalue weighted by molar-refractivity contribution is -0.126. The largest absolute Gasteiger partial charge is 0.375 e. The van der Waals surface area contributed by atoms with Crippen molar-refractivity contribution in [2.24, 2.45) is 11.7 Å². The van der Waals surface area contributed by atoms with E-state index in [9.17, 15) is 9.59 Å². The number of hydrogen-bond donors (Lipinski definition) is 2. The average Bonchev–Trinajstić information content (AvgIpc) is 2.66. The molecular weight excluding hydrogens is 387 g/mol. The standard InChI is InChI=1S/C19H30N4O2.2ClH/c1-3-12-22(2)17-8-6-15(7-9-17)19(25)23-13-4-5-16(14-23)18(24)21-11-10-20;;/h6-9,16H,3-5,10-14,20H2,1-2H3,(H,21,24);2*1H. The molecule has 1 atom stereocenters. The van der Waals surface area contributed by atoms with Crippen molar-refractivity contribution in [2.75, 3.05) is 44.7 Å². The average molecular weight is 419 g/mol. The van der Waals surface area contributed by atoms with Crippen molar-refractivity contribution in [3.05, 3.63) is 29.8 Å². The highest BCUT2D eigenvalue weighted by atomic mass is 35.5. The second-order valence-electron chi connectivity index (χ2n) is 6.64. The second-order valence-corrected chi connectivity index (χ2v) is 6.64. The molecule has 6 nitrogen and oxygen atoms in total. The zero-order valence-electron chi connectivity index (χ0n) is 16.1. The Morgan fingerprint density at radius 2 is 1.93 bits per heavy atom. The van der Waals surface area contributed by atoms with Gasteiger partial charge in [-0.15, -0.1) is 24.8 Å². The van der Waals surface area contributed by atoms with Gasteiger partial charge < -0.3 is 20.9 Å². The Balaban J connectivity index is 0.00000338. The summed E-state index contributed by atoms with van der Waals surface area (Å²) in [7, 11) is 2.05. The number of likely N-dealkylation sites (tertiary alicyclic amines) is 1. The molecule has 1 aromatic carbocycles. The number of piperidine rings is 1. The Bertz CT molecular complexity index is 584. The molecule has 154 valence electrons. The fourth-order valence-electron chi connectivity index (χ4n) is 3.22. The minimum atomic E-state index is -0.140. The van der Waals surface area contributed by atoms with E-state index in [1.807, 2.05) is 24.3 Å². The SMILES string of the molecule is CCCN(C)c1ccc(C(=O)N2CCCC(C(=O)NCCN)C2)cc1.Cl.Cl. The van der Waals surface area contributed by atoms with Crippen molar-refractivity contribution in [1.82, 2.24) is 10.2 Å². The predicted octanol–water partition coefficient (Wildman–Crippen LogP) is 2.30. The fourth-order valence-corrected chi connectivity index (χ4v) is 3.22. The van der Waals surface area contributed by atoms with Crippen LogP contribution in [-0.4, -0.2) is 56.5 Å². The molecule has 0 spiro atoms. The lowest BCUT2D eigenvalue weighted by Crippen LogP contribution is -2.46. The lowest BCUT2D eigenvalue weighted by atomic mass is 9.96. The molecule has 0 aliphatic carbocycles. The van der Waals surface area contributed by atoms with Gasteiger partial charge in [-0.1, -0.05) is 6.92 Å². The van der Waals surface area contributed by atoms with E-state index >= 15 is 0 Å². The van der Waals surface area contributed by atoms with E-state index in [2.05, 4.69) is 24.2 Å². The first kappa shape index (κ1) is 25.5. The number of anilines is 1. The number of rotatable bonds is 7. The third-order valence-corrected chi connectivity index (χ3v) is 4.64. The van der Waals surface area contributed by atoms with Crippen LogP contribution in [0.5, 0.6) is 0 Å². The van der Waals surface area contributed by atoms with Crippen LogP contribution in [0.3, 0.4) is 0 Å². The monoisotopic (exact) mass is 418 g/mol. The zero-order chi connectivity index (χ0) is 18.2. The summed E-state index contributed by atoms with van der Waals surface area (Å²) < 4.78 is 0. The molecule has 1 aliphatic rings. The van der Waals surface area contributed by atoms with Gasteiger partial charge in [0.05, 0.1) is 5.92 Å². The van der Waals surface area contributed by atoms with Crippen LogP contribution in [0.15, 0.2) is 24.3 Å². The van der Waals surface area contributed by atoms with E-state index in [4.69, 9.17) is 5.73 Å². The highest BCUT2D eigenvalue weighted by Gasteiger charge is 2.28. The van der Waals surface area contributed by atoms with Crippen LogP contribution >= 0.6 is 24.8 Å². The molecule has 8 heteroatoms. The third-order valence-electron chi connectivity index (χ3n) is 4.64. The highest BCUT2D eigenvalue weighted by molar-refractivity contribution is 5.95. The fraction of sp³-hybridized carbons (Fsp3) is 0.579. The molecule has 2 amide bonds. The summed E-state index contributed by atoms with van der Waals surface area (Å²) in [5.74, 6) is -0.139. The lowest BCUT2D eigenvalue weighted by Gasteiger charge is -2.32. The molecule has 1 unspecified atom stereocenters. The number of amides is 2. The highest BCUT2D eigenvalue weighted by Crippen LogP contribution is 2.20. The molecule has 0 bridgehead atoms. The van der Waals surface area contributed by atoms with E-state index in [0.717, 1.165) is 31.5 Å². The van der Waals surface area contributed by atoms with Gasteiger partial charge in [-0.3, -0.25) is 9.59 Å². The number of hydrogen-bond acceptors (Lipinski definition) is 4. The van der Waals surface area contributed by atoms with E-state index < -0.39 is 0 Å².